The average Bonchev–Trinajstić information content (AvgIpc) is 3.12. The Morgan fingerprint density at radius 3 is 2.71 bits per heavy atom. The van der Waals surface area contributed by atoms with Crippen molar-refractivity contribution in [2.75, 3.05) is 11.9 Å². The fourth-order valence-electron chi connectivity index (χ4n) is 5.01. The molecule has 160 valence electrons. The van der Waals surface area contributed by atoms with Gasteiger partial charge in [-0.15, -0.1) is 0 Å². The second-order valence-corrected chi connectivity index (χ2v) is 8.95. The molecular formula is C26H28N2O3. The lowest BCUT2D eigenvalue weighted by Crippen LogP contribution is -2.25. The number of aliphatic hydroxyl groups is 1. The summed E-state index contributed by atoms with van der Waals surface area (Å²) < 4.78 is 0. The minimum atomic E-state index is -0.420. The lowest BCUT2D eigenvalue weighted by Gasteiger charge is -2.33. The summed E-state index contributed by atoms with van der Waals surface area (Å²) in [5.74, 6) is -0.675. The Labute approximate surface area is 182 Å². The van der Waals surface area contributed by atoms with Gasteiger partial charge in [0, 0.05) is 17.9 Å². The lowest BCUT2D eigenvalue weighted by molar-refractivity contribution is -0.111. The fourth-order valence-corrected chi connectivity index (χ4v) is 5.01. The largest absolute Gasteiger partial charge is 0.396 e. The first-order valence-corrected chi connectivity index (χ1v) is 10.6. The van der Waals surface area contributed by atoms with E-state index in [0.29, 0.717) is 12.0 Å². The van der Waals surface area contributed by atoms with Crippen LogP contribution in [-0.2, 0) is 11.2 Å². The van der Waals surface area contributed by atoms with Gasteiger partial charge in [0.05, 0.1) is 0 Å². The summed E-state index contributed by atoms with van der Waals surface area (Å²) in [6.45, 7) is 7.78. The molecule has 0 bridgehead atoms. The highest BCUT2D eigenvalue weighted by atomic mass is 16.3. The van der Waals surface area contributed by atoms with Crippen LogP contribution in [-0.4, -0.2) is 23.5 Å². The molecule has 1 atom stereocenters. The molecule has 0 saturated heterocycles. The van der Waals surface area contributed by atoms with Crippen LogP contribution < -0.4 is 11.1 Å². The van der Waals surface area contributed by atoms with Crippen molar-refractivity contribution in [2.45, 2.75) is 39.5 Å². The summed E-state index contributed by atoms with van der Waals surface area (Å²) in [6, 6.07) is 9.61. The topological polar surface area (TPSA) is 92.4 Å². The monoisotopic (exact) mass is 416 g/mol. The van der Waals surface area contributed by atoms with E-state index >= 15 is 0 Å². The van der Waals surface area contributed by atoms with Gasteiger partial charge in [-0.3, -0.25) is 9.59 Å². The maximum absolute atomic E-state index is 12.2. The van der Waals surface area contributed by atoms with E-state index in [1.807, 2.05) is 37.3 Å². The van der Waals surface area contributed by atoms with Gasteiger partial charge in [0.2, 0.25) is 11.8 Å². The summed E-state index contributed by atoms with van der Waals surface area (Å²) in [5.41, 5.74) is 14.6. The molecular weight excluding hydrogens is 388 g/mol. The lowest BCUT2D eigenvalue weighted by atomic mass is 9.73. The number of amides is 2. The molecule has 2 aromatic carbocycles. The molecule has 2 amide bonds. The van der Waals surface area contributed by atoms with Crippen molar-refractivity contribution in [3.05, 3.63) is 70.8 Å². The van der Waals surface area contributed by atoms with Gasteiger partial charge >= 0.3 is 0 Å². The van der Waals surface area contributed by atoms with Crippen molar-refractivity contribution in [2.24, 2.45) is 11.1 Å². The summed E-state index contributed by atoms with van der Waals surface area (Å²) in [5, 5.41) is 12.8. The van der Waals surface area contributed by atoms with Gasteiger partial charge < -0.3 is 16.2 Å². The number of nitrogens with one attached hydrogen (secondary N) is 1. The van der Waals surface area contributed by atoms with Gasteiger partial charge in [0.15, 0.2) is 0 Å². The van der Waals surface area contributed by atoms with E-state index in [1.54, 1.807) is 0 Å². The summed E-state index contributed by atoms with van der Waals surface area (Å²) in [4.78, 5) is 24.0. The van der Waals surface area contributed by atoms with Gasteiger partial charge in [-0.05, 0) is 89.6 Å². The molecule has 1 unspecified atom stereocenters. The Kier molecular flexibility index (Phi) is 5.31. The first-order valence-electron chi connectivity index (χ1n) is 10.6. The van der Waals surface area contributed by atoms with Crippen molar-refractivity contribution in [1.82, 2.24) is 0 Å². The van der Waals surface area contributed by atoms with Crippen molar-refractivity contribution >= 4 is 23.1 Å². The van der Waals surface area contributed by atoms with Crippen molar-refractivity contribution in [3.8, 4) is 11.1 Å². The van der Waals surface area contributed by atoms with E-state index in [9.17, 15) is 14.7 Å². The van der Waals surface area contributed by atoms with Crippen molar-refractivity contribution in [1.29, 1.82) is 0 Å². The smallest absolute Gasteiger partial charge is 0.249 e. The Morgan fingerprint density at radius 1 is 1.26 bits per heavy atom. The molecule has 0 saturated carbocycles. The van der Waals surface area contributed by atoms with E-state index < -0.39 is 5.91 Å². The number of carbonyl (C=O) groups is 2. The van der Waals surface area contributed by atoms with Crippen LogP contribution in [0.1, 0.15) is 53.2 Å². The van der Waals surface area contributed by atoms with Gasteiger partial charge in [-0.1, -0.05) is 37.3 Å². The number of anilines is 1. The van der Waals surface area contributed by atoms with Crippen LogP contribution >= 0.6 is 0 Å². The molecule has 0 aromatic heterocycles. The maximum Gasteiger partial charge on any atom is 0.249 e. The zero-order chi connectivity index (χ0) is 22.3. The van der Waals surface area contributed by atoms with Crippen LogP contribution in [0, 0.1) is 12.3 Å². The second kappa shape index (κ2) is 7.82. The predicted octanol–water partition coefficient (Wildman–Crippen LogP) is 4.38. The summed E-state index contributed by atoms with van der Waals surface area (Å²) in [7, 11) is 0. The Balaban J connectivity index is 1.89. The molecule has 0 radical (unpaired) electrons. The standard InChI is InChI=1S/C26H28N2O3/c1-4-23(30)28-22-7-5-6-17(15(22)2)19-8-9-20(25(27)31)21-12-16-13-26(3,14-29)11-10-18(16)24(19)21/h4-9,29H,1,10-14H2,2-3H3,(H2,27,31)(H,28,30). The quantitative estimate of drug-likeness (QED) is 0.632. The number of aliphatic hydroxyl groups excluding tert-OH is 1. The Bertz CT molecular complexity index is 1150. The molecule has 2 aliphatic rings. The normalized spacial score (nSPS) is 19.6. The van der Waals surface area contributed by atoms with Gasteiger partial charge in [-0.2, -0.15) is 0 Å². The molecule has 4 rings (SSSR count). The number of allylic oxidation sites excluding steroid dienone is 2. The molecule has 0 aliphatic heterocycles. The van der Waals surface area contributed by atoms with E-state index in [-0.39, 0.29) is 17.9 Å². The van der Waals surface area contributed by atoms with Gasteiger partial charge in [0.1, 0.15) is 0 Å². The zero-order valence-corrected chi connectivity index (χ0v) is 18.0. The van der Waals surface area contributed by atoms with E-state index in [1.165, 1.54) is 17.2 Å². The highest BCUT2D eigenvalue weighted by Crippen LogP contribution is 2.51. The third kappa shape index (κ3) is 3.59. The van der Waals surface area contributed by atoms with Crippen LogP contribution in [0.5, 0.6) is 0 Å². The van der Waals surface area contributed by atoms with Crippen LogP contribution in [0.3, 0.4) is 0 Å². The number of fused-ring (bicyclic) bond motifs is 2. The zero-order valence-electron chi connectivity index (χ0n) is 18.0. The molecule has 4 N–H and O–H groups in total. The summed E-state index contributed by atoms with van der Waals surface area (Å²) in [6.07, 6.45) is 4.53. The average molecular weight is 417 g/mol. The van der Waals surface area contributed by atoms with Crippen molar-refractivity contribution in [3.63, 3.8) is 0 Å². The molecule has 0 heterocycles. The highest BCUT2D eigenvalue weighted by Gasteiger charge is 2.37. The first-order chi connectivity index (χ1) is 14.8. The van der Waals surface area contributed by atoms with Crippen LogP contribution in [0.15, 0.2) is 48.6 Å². The van der Waals surface area contributed by atoms with Crippen LogP contribution in [0.25, 0.3) is 16.7 Å². The third-order valence-electron chi connectivity index (χ3n) is 6.76. The minimum absolute atomic E-state index is 0.126. The number of primary amides is 1. The van der Waals surface area contributed by atoms with E-state index in [2.05, 4.69) is 18.8 Å². The Morgan fingerprint density at radius 2 is 2.03 bits per heavy atom. The number of hydrogen-bond donors (Lipinski definition) is 3. The number of rotatable bonds is 5. The molecule has 0 fully saturated rings. The maximum atomic E-state index is 12.2. The fraction of sp³-hybridized carbons (Fsp3) is 0.308. The molecule has 2 aliphatic carbocycles. The first kappa shape index (κ1) is 21.1. The minimum Gasteiger partial charge on any atom is -0.396 e. The number of hydrogen-bond acceptors (Lipinski definition) is 3. The third-order valence-corrected chi connectivity index (χ3v) is 6.76. The molecule has 0 spiro atoms. The molecule has 31 heavy (non-hydrogen) atoms. The van der Waals surface area contributed by atoms with Gasteiger partial charge in [-0.25, -0.2) is 0 Å². The molecule has 5 heteroatoms. The second-order valence-electron chi connectivity index (χ2n) is 8.95. The van der Waals surface area contributed by atoms with Crippen LogP contribution in [0.2, 0.25) is 0 Å². The highest BCUT2D eigenvalue weighted by molar-refractivity contribution is 6.02. The van der Waals surface area contributed by atoms with E-state index in [4.69, 9.17) is 5.73 Å². The number of benzene rings is 2. The predicted molar refractivity (Wildman–Crippen MR) is 124 cm³/mol. The molecule has 5 nitrogen and oxygen atoms in total. The Hall–Kier alpha value is -3.18. The van der Waals surface area contributed by atoms with Crippen LogP contribution in [0.4, 0.5) is 5.69 Å². The SMILES string of the molecule is C=CC(=O)Nc1cccc(-c2ccc(C(N)=O)c3c2C2=C(C3)CC(C)(CO)CC2)c1C. The van der Waals surface area contributed by atoms with E-state index in [0.717, 1.165) is 52.8 Å². The van der Waals surface area contributed by atoms with Crippen molar-refractivity contribution < 1.29 is 14.7 Å². The molecule has 2 aromatic rings. The number of nitrogens with two attached hydrogens (primary N) is 1. The van der Waals surface area contributed by atoms with Gasteiger partial charge in [0.25, 0.3) is 0 Å². The summed E-state index contributed by atoms with van der Waals surface area (Å²) >= 11 is 0. The number of carbonyl (C=O) groups excluding carboxylic acids is 2.